The molecule has 1 unspecified atom stereocenters. The normalized spacial score (nSPS) is 20.9. The summed E-state index contributed by atoms with van der Waals surface area (Å²) in [6.45, 7) is 3.00. The average Bonchev–Trinajstić information content (AvgIpc) is 2.74. The maximum atomic E-state index is 5.84. The van der Waals surface area contributed by atoms with Crippen LogP contribution in [0.25, 0.3) is 0 Å². The van der Waals surface area contributed by atoms with Gasteiger partial charge in [-0.2, -0.15) is 0 Å². The molecule has 1 fully saturated rings. The molecular formula is C10H17N3S. The van der Waals surface area contributed by atoms with E-state index in [1.807, 2.05) is 11.6 Å². The lowest BCUT2D eigenvalue weighted by Crippen LogP contribution is -2.33. The van der Waals surface area contributed by atoms with Crippen LogP contribution in [0.4, 0.5) is 0 Å². The van der Waals surface area contributed by atoms with E-state index in [0.717, 1.165) is 25.6 Å². The number of piperidine rings is 1. The van der Waals surface area contributed by atoms with E-state index in [1.165, 1.54) is 17.8 Å². The third kappa shape index (κ3) is 2.13. The molecule has 1 aromatic heterocycles. The Morgan fingerprint density at radius 2 is 2.36 bits per heavy atom. The smallest absolute Gasteiger partial charge is 0.0971 e. The molecule has 0 amide bonds. The number of hydrogen-bond donors (Lipinski definition) is 2. The first-order chi connectivity index (χ1) is 6.92. The number of nitrogens with two attached hydrogens (primary N) is 1. The summed E-state index contributed by atoms with van der Waals surface area (Å²) < 4.78 is 0. The van der Waals surface area contributed by atoms with Crippen molar-refractivity contribution in [1.82, 2.24) is 10.3 Å². The van der Waals surface area contributed by atoms with Gasteiger partial charge in [0.25, 0.3) is 0 Å². The number of hydrogen-bond acceptors (Lipinski definition) is 4. The quantitative estimate of drug-likeness (QED) is 0.789. The molecule has 0 radical (unpaired) electrons. The van der Waals surface area contributed by atoms with Crippen molar-refractivity contribution in [3.63, 3.8) is 0 Å². The molecule has 1 saturated heterocycles. The van der Waals surface area contributed by atoms with Gasteiger partial charge in [-0.15, -0.1) is 11.3 Å². The Bertz CT molecular complexity index is 254. The molecule has 78 valence electrons. The minimum atomic E-state index is 0.483. The van der Waals surface area contributed by atoms with Crippen LogP contribution in [0.15, 0.2) is 11.6 Å². The summed E-state index contributed by atoms with van der Waals surface area (Å²) in [5.41, 5.74) is 5.84. The Morgan fingerprint density at radius 3 is 2.93 bits per heavy atom. The zero-order valence-electron chi connectivity index (χ0n) is 8.28. The number of thiazole rings is 1. The van der Waals surface area contributed by atoms with Gasteiger partial charge in [0.05, 0.1) is 5.01 Å². The molecule has 1 aliphatic heterocycles. The first-order valence-electron chi connectivity index (χ1n) is 5.22. The highest BCUT2D eigenvalue weighted by atomic mass is 32.1. The van der Waals surface area contributed by atoms with Crippen LogP contribution < -0.4 is 11.1 Å². The van der Waals surface area contributed by atoms with Crippen molar-refractivity contribution in [2.24, 2.45) is 11.7 Å². The molecule has 3 N–H and O–H groups in total. The van der Waals surface area contributed by atoms with Crippen molar-refractivity contribution in [1.29, 1.82) is 0 Å². The molecule has 1 aliphatic rings. The van der Waals surface area contributed by atoms with Crippen LogP contribution in [0.2, 0.25) is 0 Å². The lowest BCUT2D eigenvalue weighted by molar-refractivity contribution is 0.320. The molecule has 1 aromatic rings. The zero-order chi connectivity index (χ0) is 9.80. The van der Waals surface area contributed by atoms with Crippen molar-refractivity contribution >= 4 is 11.3 Å². The van der Waals surface area contributed by atoms with Crippen LogP contribution in [0.1, 0.15) is 23.8 Å². The minimum Gasteiger partial charge on any atom is -0.330 e. The standard InChI is InChI=1S/C10H17N3S/c11-7-9(10-13-5-6-14-10)8-1-3-12-4-2-8/h5-6,8-9,12H,1-4,7,11H2. The Kier molecular flexibility index (Phi) is 3.50. The van der Waals surface area contributed by atoms with Gasteiger partial charge >= 0.3 is 0 Å². The SMILES string of the molecule is NCC(c1nccs1)C1CCNCC1. The van der Waals surface area contributed by atoms with Gasteiger partial charge in [0.15, 0.2) is 0 Å². The molecule has 0 spiro atoms. The highest BCUT2D eigenvalue weighted by molar-refractivity contribution is 7.09. The summed E-state index contributed by atoms with van der Waals surface area (Å²) in [7, 11) is 0. The zero-order valence-corrected chi connectivity index (χ0v) is 9.09. The number of nitrogens with zero attached hydrogens (tertiary/aromatic N) is 1. The predicted molar refractivity (Wildman–Crippen MR) is 59.5 cm³/mol. The van der Waals surface area contributed by atoms with E-state index in [1.54, 1.807) is 11.3 Å². The molecular weight excluding hydrogens is 194 g/mol. The van der Waals surface area contributed by atoms with Crippen LogP contribution in [0, 0.1) is 5.92 Å². The Labute approximate surface area is 88.7 Å². The summed E-state index contributed by atoms with van der Waals surface area (Å²) in [5.74, 6) is 1.21. The summed E-state index contributed by atoms with van der Waals surface area (Å²) in [6.07, 6.45) is 4.35. The van der Waals surface area contributed by atoms with E-state index in [0.29, 0.717) is 5.92 Å². The van der Waals surface area contributed by atoms with Crippen LogP contribution in [-0.4, -0.2) is 24.6 Å². The number of aromatic nitrogens is 1. The molecule has 3 nitrogen and oxygen atoms in total. The van der Waals surface area contributed by atoms with Crippen molar-refractivity contribution in [2.45, 2.75) is 18.8 Å². The van der Waals surface area contributed by atoms with Gasteiger partial charge in [-0.3, -0.25) is 0 Å². The Hall–Kier alpha value is -0.450. The summed E-state index contributed by atoms with van der Waals surface area (Å²) >= 11 is 1.74. The largest absolute Gasteiger partial charge is 0.330 e. The van der Waals surface area contributed by atoms with Crippen LogP contribution in [0.3, 0.4) is 0 Å². The molecule has 0 bridgehead atoms. The van der Waals surface area contributed by atoms with E-state index < -0.39 is 0 Å². The lowest BCUT2D eigenvalue weighted by Gasteiger charge is -2.28. The van der Waals surface area contributed by atoms with Gasteiger partial charge in [-0.05, 0) is 31.8 Å². The van der Waals surface area contributed by atoms with Crippen molar-refractivity contribution in [3.8, 4) is 0 Å². The van der Waals surface area contributed by atoms with Crippen LogP contribution in [0.5, 0.6) is 0 Å². The summed E-state index contributed by atoms with van der Waals surface area (Å²) in [6, 6.07) is 0. The maximum Gasteiger partial charge on any atom is 0.0971 e. The second-order valence-corrected chi connectivity index (χ2v) is 4.73. The maximum absolute atomic E-state index is 5.84. The van der Waals surface area contributed by atoms with Crippen LogP contribution in [-0.2, 0) is 0 Å². The fraction of sp³-hybridized carbons (Fsp3) is 0.700. The minimum absolute atomic E-state index is 0.483. The topological polar surface area (TPSA) is 50.9 Å². The molecule has 4 heteroatoms. The monoisotopic (exact) mass is 211 g/mol. The van der Waals surface area contributed by atoms with Gasteiger partial charge in [0, 0.05) is 24.0 Å². The van der Waals surface area contributed by atoms with Crippen LogP contribution >= 0.6 is 11.3 Å². The van der Waals surface area contributed by atoms with Gasteiger partial charge in [-0.25, -0.2) is 4.98 Å². The van der Waals surface area contributed by atoms with Gasteiger partial charge in [0.2, 0.25) is 0 Å². The Balaban J connectivity index is 2.04. The van der Waals surface area contributed by atoms with E-state index in [9.17, 15) is 0 Å². The average molecular weight is 211 g/mol. The lowest BCUT2D eigenvalue weighted by atomic mass is 9.85. The third-order valence-electron chi connectivity index (χ3n) is 2.98. The highest BCUT2D eigenvalue weighted by Gasteiger charge is 2.25. The molecule has 0 aliphatic carbocycles. The molecule has 0 aromatic carbocycles. The fourth-order valence-electron chi connectivity index (χ4n) is 2.16. The van der Waals surface area contributed by atoms with E-state index >= 15 is 0 Å². The summed E-state index contributed by atoms with van der Waals surface area (Å²) in [4.78, 5) is 4.38. The molecule has 1 atom stereocenters. The second-order valence-electron chi connectivity index (χ2n) is 3.80. The number of nitrogens with one attached hydrogen (secondary N) is 1. The van der Waals surface area contributed by atoms with E-state index in [-0.39, 0.29) is 0 Å². The van der Waals surface area contributed by atoms with Crippen molar-refractivity contribution < 1.29 is 0 Å². The first kappa shape index (κ1) is 10.1. The molecule has 2 rings (SSSR count). The molecule has 2 heterocycles. The molecule has 0 saturated carbocycles. The van der Waals surface area contributed by atoms with Crippen molar-refractivity contribution in [3.05, 3.63) is 16.6 Å². The van der Waals surface area contributed by atoms with Gasteiger partial charge in [-0.1, -0.05) is 0 Å². The van der Waals surface area contributed by atoms with E-state index in [4.69, 9.17) is 5.73 Å². The van der Waals surface area contributed by atoms with Gasteiger partial charge in [0.1, 0.15) is 0 Å². The second kappa shape index (κ2) is 4.87. The van der Waals surface area contributed by atoms with E-state index in [2.05, 4.69) is 10.3 Å². The van der Waals surface area contributed by atoms with Crippen molar-refractivity contribution in [2.75, 3.05) is 19.6 Å². The molecule has 14 heavy (non-hydrogen) atoms. The third-order valence-corrected chi connectivity index (χ3v) is 3.88. The Morgan fingerprint density at radius 1 is 1.57 bits per heavy atom. The highest BCUT2D eigenvalue weighted by Crippen LogP contribution is 2.31. The van der Waals surface area contributed by atoms with Gasteiger partial charge < -0.3 is 11.1 Å². The summed E-state index contributed by atoms with van der Waals surface area (Å²) in [5, 5.41) is 6.64. The predicted octanol–water partition coefficient (Wildman–Crippen LogP) is 1.18. The first-order valence-corrected chi connectivity index (χ1v) is 6.10. The number of rotatable bonds is 3. The fourth-order valence-corrected chi connectivity index (χ4v) is 3.01.